The van der Waals surface area contributed by atoms with Gasteiger partial charge in [-0.1, -0.05) is 33.6 Å². The van der Waals surface area contributed by atoms with Gasteiger partial charge in [0.2, 0.25) is 0 Å². The molecule has 1 rings (SSSR count). The Labute approximate surface area is 117 Å². The highest BCUT2D eigenvalue weighted by Crippen LogP contribution is 2.35. The van der Waals surface area contributed by atoms with Crippen LogP contribution in [0.1, 0.15) is 52.9 Å². The molecule has 4 unspecified atom stereocenters. The van der Waals surface area contributed by atoms with Crippen molar-refractivity contribution < 1.29 is 5.11 Å². The molecule has 18 heavy (non-hydrogen) atoms. The molecule has 0 amide bonds. The van der Waals surface area contributed by atoms with Gasteiger partial charge in [-0.05, 0) is 43.4 Å². The van der Waals surface area contributed by atoms with Crippen LogP contribution in [0.3, 0.4) is 0 Å². The van der Waals surface area contributed by atoms with E-state index < -0.39 is 0 Å². The van der Waals surface area contributed by atoms with E-state index >= 15 is 0 Å². The van der Waals surface area contributed by atoms with Crippen LogP contribution in [-0.2, 0) is 0 Å². The van der Waals surface area contributed by atoms with E-state index in [1.807, 2.05) is 0 Å². The maximum absolute atomic E-state index is 9.14. The van der Waals surface area contributed by atoms with Crippen molar-refractivity contribution in [2.45, 2.75) is 64.2 Å². The number of rotatable bonds is 8. The first-order chi connectivity index (χ1) is 8.71. The van der Waals surface area contributed by atoms with E-state index in [9.17, 15) is 0 Å². The fraction of sp³-hybridized carbons (Fsp3) is 1.00. The van der Waals surface area contributed by atoms with Crippen LogP contribution in [0.5, 0.6) is 0 Å². The zero-order chi connectivity index (χ0) is 13.4. The van der Waals surface area contributed by atoms with E-state index in [1.54, 1.807) is 0 Å². The minimum atomic E-state index is 0.323. The van der Waals surface area contributed by atoms with Gasteiger partial charge < -0.3 is 10.4 Å². The van der Waals surface area contributed by atoms with Crippen LogP contribution in [0, 0.1) is 11.8 Å². The first-order valence-electron chi connectivity index (χ1n) is 7.67. The molecule has 1 saturated carbocycles. The van der Waals surface area contributed by atoms with Crippen molar-refractivity contribution in [3.8, 4) is 0 Å². The Morgan fingerprint density at radius 1 is 1.33 bits per heavy atom. The summed E-state index contributed by atoms with van der Waals surface area (Å²) in [5, 5.41) is 13.6. The molecular formula is C15H31NOS. The summed E-state index contributed by atoms with van der Waals surface area (Å²) in [5.74, 6) is 2.47. The molecule has 108 valence electrons. The van der Waals surface area contributed by atoms with E-state index in [4.69, 9.17) is 5.11 Å². The molecule has 0 aromatic heterocycles. The van der Waals surface area contributed by atoms with Crippen molar-refractivity contribution in [3.05, 3.63) is 0 Å². The van der Waals surface area contributed by atoms with E-state index in [-0.39, 0.29) is 0 Å². The molecule has 2 N–H and O–H groups in total. The van der Waals surface area contributed by atoms with Crippen LogP contribution in [0.4, 0.5) is 0 Å². The topological polar surface area (TPSA) is 32.3 Å². The summed E-state index contributed by atoms with van der Waals surface area (Å²) in [7, 11) is 0. The number of hydrogen-bond acceptors (Lipinski definition) is 3. The van der Waals surface area contributed by atoms with Crippen LogP contribution < -0.4 is 5.32 Å². The summed E-state index contributed by atoms with van der Waals surface area (Å²) in [6, 6.07) is 0.694. The third-order valence-electron chi connectivity index (χ3n) is 3.97. The highest BCUT2D eigenvalue weighted by atomic mass is 32.2. The number of aliphatic hydroxyl groups excluding tert-OH is 1. The highest BCUT2D eigenvalue weighted by Gasteiger charge is 2.29. The monoisotopic (exact) mass is 273 g/mol. The maximum Gasteiger partial charge on any atom is 0.0464 e. The molecule has 2 nitrogen and oxygen atoms in total. The molecule has 3 heteroatoms. The first kappa shape index (κ1) is 16.3. The predicted molar refractivity (Wildman–Crippen MR) is 82.2 cm³/mol. The molecule has 1 aliphatic rings. The van der Waals surface area contributed by atoms with Crippen LogP contribution in [-0.4, -0.2) is 35.3 Å². The minimum Gasteiger partial charge on any atom is -0.396 e. The van der Waals surface area contributed by atoms with Gasteiger partial charge >= 0.3 is 0 Å². The van der Waals surface area contributed by atoms with E-state index in [1.165, 1.54) is 32.1 Å². The van der Waals surface area contributed by atoms with Crippen LogP contribution >= 0.6 is 11.8 Å². The predicted octanol–water partition coefficient (Wildman–Crippen LogP) is 3.29. The van der Waals surface area contributed by atoms with Gasteiger partial charge in [-0.15, -0.1) is 0 Å². The summed E-state index contributed by atoms with van der Waals surface area (Å²) in [6.07, 6.45) is 6.82. The lowest BCUT2D eigenvalue weighted by atomic mass is 9.83. The van der Waals surface area contributed by atoms with E-state index in [0.29, 0.717) is 18.6 Å². The van der Waals surface area contributed by atoms with Gasteiger partial charge in [-0.2, -0.15) is 11.8 Å². The summed E-state index contributed by atoms with van der Waals surface area (Å²) < 4.78 is 0. The summed E-state index contributed by atoms with van der Waals surface area (Å²) >= 11 is 2.09. The van der Waals surface area contributed by atoms with Crippen LogP contribution in [0.15, 0.2) is 0 Å². The lowest BCUT2D eigenvalue weighted by Crippen LogP contribution is -2.43. The molecule has 4 atom stereocenters. The lowest BCUT2D eigenvalue weighted by molar-refractivity contribution is 0.249. The molecule has 0 spiro atoms. The maximum atomic E-state index is 9.14. The van der Waals surface area contributed by atoms with Crippen LogP contribution in [0.2, 0.25) is 0 Å². The Bertz CT molecular complexity index is 213. The van der Waals surface area contributed by atoms with Crippen LogP contribution in [0.25, 0.3) is 0 Å². The van der Waals surface area contributed by atoms with Gasteiger partial charge in [-0.3, -0.25) is 0 Å². The van der Waals surface area contributed by atoms with E-state index in [2.05, 4.69) is 37.8 Å². The largest absolute Gasteiger partial charge is 0.396 e. The number of hydrogen-bond donors (Lipinski definition) is 2. The summed E-state index contributed by atoms with van der Waals surface area (Å²) in [6.45, 7) is 8.05. The average Bonchev–Trinajstić information content (AvgIpc) is 2.39. The molecule has 0 aromatic rings. The normalized spacial score (nSPS) is 30.3. The smallest absolute Gasteiger partial charge is 0.0464 e. The van der Waals surface area contributed by atoms with Crippen molar-refractivity contribution in [1.82, 2.24) is 5.32 Å². The fourth-order valence-corrected chi connectivity index (χ4v) is 4.46. The van der Waals surface area contributed by atoms with Crippen molar-refractivity contribution >= 4 is 11.8 Å². The van der Waals surface area contributed by atoms with Crippen molar-refractivity contribution in [1.29, 1.82) is 0 Å². The van der Waals surface area contributed by atoms with Gasteiger partial charge in [0.15, 0.2) is 0 Å². The zero-order valence-corrected chi connectivity index (χ0v) is 13.1. The molecule has 0 saturated heterocycles. The fourth-order valence-electron chi connectivity index (χ4n) is 2.90. The summed E-state index contributed by atoms with van der Waals surface area (Å²) in [5.41, 5.74) is 0. The summed E-state index contributed by atoms with van der Waals surface area (Å²) in [4.78, 5) is 0. The Kier molecular flexibility index (Phi) is 8.36. The number of thioether (sulfide) groups is 1. The Morgan fingerprint density at radius 2 is 2.11 bits per heavy atom. The standard InChI is InChI=1S/C15H31NOS/c1-4-6-13-7-8-14(16-5-2)15(9-13)18-11-12(3)10-17/h12-17H,4-11H2,1-3H3. The number of aliphatic hydroxyl groups is 1. The third-order valence-corrected chi connectivity index (χ3v) is 5.68. The lowest BCUT2D eigenvalue weighted by Gasteiger charge is -2.36. The molecule has 1 fully saturated rings. The molecule has 1 aliphatic carbocycles. The van der Waals surface area contributed by atoms with Gasteiger partial charge in [0.05, 0.1) is 0 Å². The SMILES string of the molecule is CCCC1CCC(NCC)C(SCC(C)CO)C1. The number of nitrogens with one attached hydrogen (secondary N) is 1. The molecule has 0 aliphatic heterocycles. The molecule has 0 radical (unpaired) electrons. The second kappa shape index (κ2) is 9.22. The molecular weight excluding hydrogens is 242 g/mol. The molecule has 0 bridgehead atoms. The first-order valence-corrected chi connectivity index (χ1v) is 8.71. The Balaban J connectivity index is 2.43. The Hall–Kier alpha value is 0.270. The van der Waals surface area contributed by atoms with Crippen molar-refractivity contribution in [2.24, 2.45) is 11.8 Å². The van der Waals surface area contributed by atoms with Crippen molar-refractivity contribution in [2.75, 3.05) is 18.9 Å². The Morgan fingerprint density at radius 3 is 2.72 bits per heavy atom. The third kappa shape index (κ3) is 5.50. The van der Waals surface area contributed by atoms with Gasteiger partial charge in [0, 0.05) is 17.9 Å². The zero-order valence-electron chi connectivity index (χ0n) is 12.3. The molecule has 0 heterocycles. The van der Waals surface area contributed by atoms with E-state index in [0.717, 1.165) is 23.5 Å². The van der Waals surface area contributed by atoms with Gasteiger partial charge in [-0.25, -0.2) is 0 Å². The quantitative estimate of drug-likeness (QED) is 0.712. The van der Waals surface area contributed by atoms with Gasteiger partial charge in [0.25, 0.3) is 0 Å². The molecule has 0 aromatic carbocycles. The second-order valence-electron chi connectivity index (χ2n) is 5.79. The highest BCUT2D eigenvalue weighted by molar-refractivity contribution is 7.99. The van der Waals surface area contributed by atoms with Crippen molar-refractivity contribution in [3.63, 3.8) is 0 Å². The minimum absolute atomic E-state index is 0.323. The second-order valence-corrected chi connectivity index (χ2v) is 7.06. The van der Waals surface area contributed by atoms with Gasteiger partial charge in [0.1, 0.15) is 0 Å². The average molecular weight is 273 g/mol.